The van der Waals surface area contributed by atoms with Crippen LogP contribution in [0.15, 0.2) is 17.0 Å². The average Bonchev–Trinajstić information content (AvgIpc) is 2.89. The van der Waals surface area contributed by atoms with Gasteiger partial charge in [0, 0.05) is 12.5 Å². The number of rotatable bonds is 7. The molecule has 1 aromatic carbocycles. The van der Waals surface area contributed by atoms with E-state index in [9.17, 15) is 29.3 Å². The minimum atomic E-state index is -0.791. The van der Waals surface area contributed by atoms with E-state index in [1.807, 2.05) is 0 Å². The van der Waals surface area contributed by atoms with Crippen molar-refractivity contribution < 1.29 is 38.3 Å². The Kier molecular flexibility index (Phi) is 6.93. The van der Waals surface area contributed by atoms with Crippen molar-refractivity contribution in [1.82, 2.24) is 4.90 Å². The lowest BCUT2D eigenvalue weighted by Gasteiger charge is -2.11. The molecule has 0 aliphatic carbocycles. The van der Waals surface area contributed by atoms with Gasteiger partial charge in [-0.25, -0.2) is 0 Å². The van der Waals surface area contributed by atoms with Crippen molar-refractivity contribution in [3.8, 4) is 11.5 Å². The molecular weight excluding hydrogens is 408 g/mol. The number of nitrogens with zero attached hydrogens (tertiary/aromatic N) is 2. The highest BCUT2D eigenvalue weighted by atomic mass is 32.2. The van der Waals surface area contributed by atoms with Crippen LogP contribution in [-0.4, -0.2) is 53.2 Å². The molecule has 12 heteroatoms. The van der Waals surface area contributed by atoms with Crippen molar-refractivity contribution >= 4 is 46.6 Å². The zero-order chi connectivity index (χ0) is 21.7. The first-order valence-corrected chi connectivity index (χ1v) is 8.96. The first kappa shape index (κ1) is 21.9. The van der Waals surface area contributed by atoms with Gasteiger partial charge >= 0.3 is 17.6 Å². The van der Waals surface area contributed by atoms with Gasteiger partial charge in [0.25, 0.3) is 11.1 Å². The van der Waals surface area contributed by atoms with E-state index in [-0.39, 0.29) is 28.6 Å². The van der Waals surface area contributed by atoms with Crippen LogP contribution in [0.2, 0.25) is 0 Å². The molecule has 1 fully saturated rings. The number of carbonyl (C=O) groups excluding carboxylic acids is 4. The van der Waals surface area contributed by atoms with Gasteiger partial charge in [0.05, 0.1) is 23.5 Å². The fourth-order valence-electron chi connectivity index (χ4n) is 2.42. The van der Waals surface area contributed by atoms with Crippen LogP contribution in [0.5, 0.6) is 11.5 Å². The van der Waals surface area contributed by atoms with Gasteiger partial charge in [-0.05, 0) is 36.9 Å². The Morgan fingerprint density at radius 2 is 2.00 bits per heavy atom. The molecule has 0 radical (unpaired) electrons. The SMILES string of the molecule is CCOC(=O)CN1C(=O)S/C(=C\c2ccc(OC(C)=O)c([N+](=O)[O-])c2OC)C1=O. The van der Waals surface area contributed by atoms with Gasteiger partial charge in [0.2, 0.25) is 11.5 Å². The Bertz CT molecular complexity index is 926. The molecule has 1 heterocycles. The number of hydrogen-bond acceptors (Lipinski definition) is 10. The molecule has 154 valence electrons. The fourth-order valence-corrected chi connectivity index (χ4v) is 3.25. The highest BCUT2D eigenvalue weighted by Gasteiger charge is 2.37. The molecule has 0 atom stereocenters. The Hall–Kier alpha value is -3.41. The van der Waals surface area contributed by atoms with E-state index in [1.165, 1.54) is 25.3 Å². The first-order valence-electron chi connectivity index (χ1n) is 8.14. The van der Waals surface area contributed by atoms with E-state index in [1.54, 1.807) is 6.92 Å². The summed E-state index contributed by atoms with van der Waals surface area (Å²) in [6, 6.07) is 2.51. The highest BCUT2D eigenvalue weighted by Crippen LogP contribution is 2.42. The van der Waals surface area contributed by atoms with Crippen molar-refractivity contribution in [1.29, 1.82) is 0 Å². The second-order valence-corrected chi connectivity index (χ2v) is 6.45. The average molecular weight is 424 g/mol. The van der Waals surface area contributed by atoms with Crippen molar-refractivity contribution in [2.24, 2.45) is 0 Å². The molecule has 1 saturated heterocycles. The van der Waals surface area contributed by atoms with Crippen LogP contribution in [0.25, 0.3) is 6.08 Å². The van der Waals surface area contributed by atoms with E-state index >= 15 is 0 Å². The normalized spacial score (nSPS) is 14.9. The summed E-state index contributed by atoms with van der Waals surface area (Å²) in [5, 5.41) is 10.8. The van der Waals surface area contributed by atoms with Gasteiger partial charge in [0.15, 0.2) is 0 Å². The molecule has 1 aromatic rings. The summed E-state index contributed by atoms with van der Waals surface area (Å²) in [7, 11) is 1.17. The summed E-state index contributed by atoms with van der Waals surface area (Å²) in [6.07, 6.45) is 1.22. The van der Waals surface area contributed by atoms with Crippen molar-refractivity contribution in [2.45, 2.75) is 13.8 Å². The van der Waals surface area contributed by atoms with E-state index < -0.39 is 40.2 Å². The molecule has 0 saturated carbocycles. The summed E-state index contributed by atoms with van der Waals surface area (Å²) in [4.78, 5) is 58.6. The number of carbonyl (C=O) groups is 4. The molecule has 0 aromatic heterocycles. The minimum Gasteiger partial charge on any atom is -0.490 e. The molecule has 29 heavy (non-hydrogen) atoms. The first-order chi connectivity index (χ1) is 13.7. The third-order valence-electron chi connectivity index (χ3n) is 3.52. The van der Waals surface area contributed by atoms with Crippen LogP contribution in [0.4, 0.5) is 10.5 Å². The molecule has 0 spiro atoms. The smallest absolute Gasteiger partial charge is 0.353 e. The fraction of sp³-hybridized carbons (Fsp3) is 0.294. The number of ether oxygens (including phenoxy) is 3. The van der Waals surface area contributed by atoms with Crippen LogP contribution >= 0.6 is 11.8 Å². The lowest BCUT2D eigenvalue weighted by Crippen LogP contribution is -2.34. The Balaban J connectivity index is 2.43. The highest BCUT2D eigenvalue weighted by molar-refractivity contribution is 8.18. The molecule has 11 nitrogen and oxygen atoms in total. The van der Waals surface area contributed by atoms with E-state index in [4.69, 9.17) is 14.2 Å². The Morgan fingerprint density at radius 3 is 2.55 bits per heavy atom. The third kappa shape index (κ3) is 4.90. The van der Waals surface area contributed by atoms with Crippen LogP contribution in [-0.2, 0) is 19.1 Å². The van der Waals surface area contributed by atoms with Crippen molar-refractivity contribution in [2.75, 3.05) is 20.3 Å². The largest absolute Gasteiger partial charge is 0.490 e. The van der Waals surface area contributed by atoms with E-state index in [2.05, 4.69) is 0 Å². The van der Waals surface area contributed by atoms with Crippen LogP contribution in [0.3, 0.4) is 0 Å². The summed E-state index contributed by atoms with van der Waals surface area (Å²) < 4.78 is 14.6. The number of amides is 2. The number of nitro benzene ring substituents is 1. The predicted octanol–water partition coefficient (Wildman–Crippen LogP) is 2.13. The van der Waals surface area contributed by atoms with Gasteiger partial charge in [-0.15, -0.1) is 0 Å². The summed E-state index contributed by atoms with van der Waals surface area (Å²) in [6.45, 7) is 2.23. The van der Waals surface area contributed by atoms with Crippen molar-refractivity contribution in [3.63, 3.8) is 0 Å². The molecule has 0 bridgehead atoms. The van der Waals surface area contributed by atoms with Crippen molar-refractivity contribution in [3.05, 3.63) is 32.7 Å². The maximum Gasteiger partial charge on any atom is 0.353 e. The number of methoxy groups -OCH3 is 1. The van der Waals surface area contributed by atoms with Crippen LogP contribution in [0.1, 0.15) is 19.4 Å². The maximum absolute atomic E-state index is 12.5. The molecule has 2 amide bonds. The third-order valence-corrected chi connectivity index (χ3v) is 4.43. The maximum atomic E-state index is 12.5. The molecule has 0 unspecified atom stereocenters. The number of imide groups is 1. The monoisotopic (exact) mass is 424 g/mol. The number of esters is 2. The second kappa shape index (κ2) is 9.19. The molecule has 0 N–H and O–H groups in total. The zero-order valence-electron chi connectivity index (χ0n) is 15.6. The second-order valence-electron chi connectivity index (χ2n) is 5.46. The zero-order valence-corrected chi connectivity index (χ0v) is 16.4. The molecule has 2 rings (SSSR count). The number of benzene rings is 1. The number of hydrogen-bond donors (Lipinski definition) is 0. The van der Waals surface area contributed by atoms with Gasteiger partial charge < -0.3 is 14.2 Å². The molecular formula is C17H16N2O9S. The predicted molar refractivity (Wildman–Crippen MR) is 100 cm³/mol. The van der Waals surface area contributed by atoms with Gasteiger partial charge in [-0.2, -0.15) is 0 Å². The Labute approximate surface area is 168 Å². The van der Waals surface area contributed by atoms with E-state index in [0.717, 1.165) is 6.92 Å². The van der Waals surface area contributed by atoms with E-state index in [0.29, 0.717) is 16.7 Å². The number of thioether (sulfide) groups is 1. The lowest BCUT2D eigenvalue weighted by atomic mass is 10.1. The van der Waals surface area contributed by atoms with Crippen LogP contribution in [0, 0.1) is 10.1 Å². The molecule has 1 aliphatic rings. The standard InChI is InChI=1S/C17H16N2O9S/c1-4-27-13(21)8-18-16(22)12(29-17(18)23)7-10-5-6-11(28-9(2)20)14(19(24)25)15(10)26-3/h5-7H,4,8H2,1-3H3/b12-7-. The van der Waals surface area contributed by atoms with Gasteiger partial charge in [-0.3, -0.25) is 34.2 Å². The molecule has 1 aliphatic heterocycles. The summed E-state index contributed by atoms with van der Waals surface area (Å²) in [5.74, 6) is -2.84. The minimum absolute atomic E-state index is 0.0628. The number of nitro groups is 1. The summed E-state index contributed by atoms with van der Waals surface area (Å²) >= 11 is 0.565. The van der Waals surface area contributed by atoms with Gasteiger partial charge in [0.1, 0.15) is 6.54 Å². The van der Waals surface area contributed by atoms with Gasteiger partial charge in [-0.1, -0.05) is 0 Å². The topological polar surface area (TPSA) is 142 Å². The quantitative estimate of drug-likeness (QED) is 0.210. The summed E-state index contributed by atoms with van der Waals surface area (Å²) in [5.41, 5.74) is -0.501. The van der Waals surface area contributed by atoms with Crippen LogP contribution < -0.4 is 9.47 Å². The lowest BCUT2D eigenvalue weighted by molar-refractivity contribution is -0.386. The Morgan fingerprint density at radius 1 is 1.31 bits per heavy atom.